The first-order valence-corrected chi connectivity index (χ1v) is 12.1. The van der Waals surface area contributed by atoms with Gasteiger partial charge in [0.2, 0.25) is 0 Å². The fraction of sp³-hybridized carbons (Fsp3) is 0.500. The summed E-state index contributed by atoms with van der Waals surface area (Å²) >= 11 is 0. The van der Waals surface area contributed by atoms with E-state index in [-0.39, 0.29) is 18.7 Å². The van der Waals surface area contributed by atoms with Gasteiger partial charge >= 0.3 is 12.2 Å². The Balaban J connectivity index is 1.23. The lowest BCUT2D eigenvalue weighted by atomic mass is 9.87. The van der Waals surface area contributed by atoms with Gasteiger partial charge in [0, 0.05) is 38.3 Å². The monoisotopic (exact) mass is 471 g/mol. The van der Waals surface area contributed by atoms with Gasteiger partial charge in [-0.2, -0.15) is 13.2 Å². The van der Waals surface area contributed by atoms with Crippen molar-refractivity contribution in [1.29, 1.82) is 0 Å². The number of benzene rings is 2. The standard InChI is InChI=1S/C26H28F3N3O2/c27-26(28,29)19-4-1-16(2-5-19)17-3-6-22-18-7-8-32(24(12-18)23(22)11-17)25(34)30-14-20-13-21(15-30)31(20)9-10-33/h1-6,11,18,20-21,24,33H,7-10,12-15H2/t18?,20?,21?,24-/m0/s1. The lowest BCUT2D eigenvalue weighted by molar-refractivity contribution is -0.137. The number of halogens is 3. The molecule has 3 unspecified atom stereocenters. The van der Waals surface area contributed by atoms with Crippen LogP contribution in [0.25, 0.3) is 11.1 Å². The van der Waals surface area contributed by atoms with Crippen molar-refractivity contribution in [3.63, 3.8) is 0 Å². The molecule has 4 heterocycles. The van der Waals surface area contributed by atoms with Gasteiger partial charge in [-0.1, -0.05) is 24.3 Å². The minimum absolute atomic E-state index is 0.0162. The Morgan fingerprint density at radius 3 is 2.35 bits per heavy atom. The van der Waals surface area contributed by atoms with Crippen LogP contribution < -0.4 is 0 Å². The Hall–Kier alpha value is -2.58. The molecule has 0 aromatic heterocycles. The van der Waals surface area contributed by atoms with Crippen LogP contribution in [0, 0.1) is 0 Å². The number of fused-ring (bicyclic) bond motifs is 7. The topological polar surface area (TPSA) is 47.0 Å². The van der Waals surface area contributed by atoms with Gasteiger partial charge < -0.3 is 14.9 Å². The average molecular weight is 472 g/mol. The second-order valence-electron chi connectivity index (χ2n) is 10.0. The Bertz CT molecular complexity index is 1090. The zero-order chi connectivity index (χ0) is 23.6. The van der Waals surface area contributed by atoms with Crippen LogP contribution in [0.15, 0.2) is 42.5 Å². The summed E-state index contributed by atoms with van der Waals surface area (Å²) in [6.45, 7) is 2.96. The molecule has 4 bridgehead atoms. The number of aliphatic hydroxyl groups excluding tert-OH is 1. The van der Waals surface area contributed by atoms with Crippen molar-refractivity contribution in [3.8, 4) is 11.1 Å². The normalized spacial score (nSPS) is 28.0. The summed E-state index contributed by atoms with van der Waals surface area (Å²) in [6, 6.07) is 12.2. The molecule has 2 aromatic carbocycles. The number of carbonyl (C=O) groups excluding carboxylic acids is 1. The molecule has 7 rings (SSSR count). The molecule has 8 heteroatoms. The number of likely N-dealkylation sites (tertiary alicyclic amines) is 1. The first-order valence-electron chi connectivity index (χ1n) is 12.1. The third-order valence-corrected chi connectivity index (χ3v) is 8.25. The van der Waals surface area contributed by atoms with Gasteiger partial charge in [0.25, 0.3) is 0 Å². The van der Waals surface area contributed by atoms with E-state index < -0.39 is 11.7 Å². The molecule has 0 saturated carbocycles. The molecular weight excluding hydrogens is 443 g/mol. The fourth-order valence-electron chi connectivity index (χ4n) is 6.54. The molecule has 4 atom stereocenters. The van der Waals surface area contributed by atoms with Crippen molar-refractivity contribution in [2.45, 2.75) is 49.5 Å². The molecule has 4 fully saturated rings. The molecule has 1 N–H and O–H groups in total. The first-order chi connectivity index (χ1) is 16.3. The van der Waals surface area contributed by atoms with E-state index in [4.69, 9.17) is 0 Å². The zero-order valence-corrected chi connectivity index (χ0v) is 18.8. The van der Waals surface area contributed by atoms with Crippen LogP contribution in [0.3, 0.4) is 0 Å². The highest BCUT2D eigenvalue weighted by molar-refractivity contribution is 5.77. The van der Waals surface area contributed by atoms with Crippen LogP contribution in [0.1, 0.15) is 47.9 Å². The lowest BCUT2D eigenvalue weighted by Crippen LogP contribution is -2.70. The number of nitrogens with zero attached hydrogens (tertiary/aromatic N) is 3. The number of piperazine rings is 1. The maximum Gasteiger partial charge on any atom is 0.416 e. The molecule has 5 nitrogen and oxygen atoms in total. The smallest absolute Gasteiger partial charge is 0.395 e. The van der Waals surface area contributed by atoms with Crippen molar-refractivity contribution >= 4 is 6.03 Å². The zero-order valence-electron chi connectivity index (χ0n) is 18.8. The predicted molar refractivity (Wildman–Crippen MR) is 121 cm³/mol. The molecule has 180 valence electrons. The van der Waals surface area contributed by atoms with Gasteiger partial charge in [-0.05, 0) is 65.6 Å². The number of hydrogen-bond donors (Lipinski definition) is 1. The van der Waals surface area contributed by atoms with Crippen molar-refractivity contribution in [2.75, 3.05) is 32.8 Å². The minimum Gasteiger partial charge on any atom is -0.395 e. The lowest BCUT2D eigenvalue weighted by Gasteiger charge is -2.57. The van der Waals surface area contributed by atoms with Gasteiger partial charge in [-0.25, -0.2) is 4.79 Å². The van der Waals surface area contributed by atoms with Crippen LogP contribution >= 0.6 is 0 Å². The van der Waals surface area contributed by atoms with Gasteiger partial charge in [0.1, 0.15) is 0 Å². The summed E-state index contributed by atoms with van der Waals surface area (Å²) in [5, 5.41) is 9.27. The predicted octanol–water partition coefficient (Wildman–Crippen LogP) is 4.48. The van der Waals surface area contributed by atoms with Crippen molar-refractivity contribution in [3.05, 3.63) is 59.2 Å². The highest BCUT2D eigenvalue weighted by Gasteiger charge is 2.48. The Morgan fingerprint density at radius 2 is 1.68 bits per heavy atom. The summed E-state index contributed by atoms with van der Waals surface area (Å²) in [4.78, 5) is 19.8. The van der Waals surface area contributed by atoms with Crippen molar-refractivity contribution in [1.82, 2.24) is 14.7 Å². The number of alkyl halides is 3. The van der Waals surface area contributed by atoms with E-state index in [2.05, 4.69) is 17.0 Å². The maximum atomic E-state index is 13.5. The molecule has 2 amide bonds. The Labute approximate surface area is 196 Å². The number of piperidine rings is 2. The van der Waals surface area contributed by atoms with E-state index in [9.17, 15) is 23.1 Å². The molecule has 1 aliphatic carbocycles. The SMILES string of the molecule is O=C(N1CC2CC(C1)N2CCO)N1CCC2C[C@H]1c1cc(-c3ccc(C(F)(F)F)cc3)ccc12. The molecule has 2 aromatic rings. The molecule has 4 saturated heterocycles. The van der Waals surface area contributed by atoms with Crippen LogP contribution in [0.5, 0.6) is 0 Å². The molecule has 0 spiro atoms. The third-order valence-electron chi connectivity index (χ3n) is 8.25. The number of carbonyl (C=O) groups is 1. The Morgan fingerprint density at radius 1 is 0.971 bits per heavy atom. The quantitative estimate of drug-likeness (QED) is 0.718. The second kappa shape index (κ2) is 7.99. The number of urea groups is 1. The second-order valence-corrected chi connectivity index (χ2v) is 10.0. The van der Waals surface area contributed by atoms with E-state index >= 15 is 0 Å². The van der Waals surface area contributed by atoms with E-state index in [1.807, 2.05) is 15.9 Å². The highest BCUT2D eigenvalue weighted by atomic mass is 19.4. The summed E-state index contributed by atoms with van der Waals surface area (Å²) in [5.41, 5.74) is 3.38. The largest absolute Gasteiger partial charge is 0.416 e. The van der Waals surface area contributed by atoms with Crippen molar-refractivity contribution < 1.29 is 23.1 Å². The minimum atomic E-state index is -4.35. The van der Waals surface area contributed by atoms with Gasteiger partial charge in [0.15, 0.2) is 0 Å². The van der Waals surface area contributed by atoms with Crippen LogP contribution in [-0.2, 0) is 6.18 Å². The molecular formula is C26H28F3N3O2. The van der Waals surface area contributed by atoms with Crippen LogP contribution in [0.2, 0.25) is 0 Å². The average Bonchev–Trinajstić information content (AvgIpc) is 3.13. The number of aliphatic hydroxyl groups is 1. The molecule has 34 heavy (non-hydrogen) atoms. The fourth-order valence-corrected chi connectivity index (χ4v) is 6.54. The highest BCUT2D eigenvalue weighted by Crippen LogP contribution is 2.50. The van der Waals surface area contributed by atoms with E-state index in [1.54, 1.807) is 0 Å². The number of amides is 2. The molecule has 0 radical (unpaired) electrons. The van der Waals surface area contributed by atoms with Crippen LogP contribution in [-0.4, -0.2) is 70.7 Å². The number of rotatable bonds is 3. The summed E-state index contributed by atoms with van der Waals surface area (Å²) in [5.74, 6) is 0.431. The van der Waals surface area contributed by atoms with Gasteiger partial charge in [-0.15, -0.1) is 0 Å². The van der Waals surface area contributed by atoms with Gasteiger partial charge in [0.05, 0.1) is 18.2 Å². The van der Waals surface area contributed by atoms with E-state index in [0.29, 0.717) is 37.6 Å². The van der Waals surface area contributed by atoms with Gasteiger partial charge in [-0.3, -0.25) is 4.90 Å². The van der Waals surface area contributed by atoms with E-state index in [1.165, 1.54) is 17.7 Å². The Kier molecular flexibility index (Phi) is 5.15. The van der Waals surface area contributed by atoms with Crippen molar-refractivity contribution in [2.24, 2.45) is 0 Å². The van der Waals surface area contributed by atoms with E-state index in [0.717, 1.165) is 54.6 Å². The maximum absolute atomic E-state index is 13.5. The van der Waals surface area contributed by atoms with Crippen LogP contribution in [0.4, 0.5) is 18.0 Å². The molecule has 4 aliphatic heterocycles. The summed E-state index contributed by atoms with van der Waals surface area (Å²) in [6.07, 6.45) is -1.41. The number of hydrogen-bond acceptors (Lipinski definition) is 3. The summed E-state index contributed by atoms with van der Waals surface area (Å²) < 4.78 is 38.9. The summed E-state index contributed by atoms with van der Waals surface area (Å²) in [7, 11) is 0. The first kappa shape index (κ1) is 21.9. The molecule has 5 aliphatic rings. The third kappa shape index (κ3) is 3.50.